The first-order valence-electron chi connectivity index (χ1n) is 6.18. The number of aromatic nitrogens is 1. The largest absolute Gasteiger partial charge is 0.481 e. The molecule has 1 fully saturated rings. The monoisotopic (exact) mass is 299 g/mol. The van der Waals surface area contributed by atoms with Crippen molar-refractivity contribution in [2.45, 2.75) is 19.8 Å². The van der Waals surface area contributed by atoms with Crippen molar-refractivity contribution in [3.05, 3.63) is 27.4 Å². The van der Waals surface area contributed by atoms with Crippen LogP contribution in [0.1, 0.15) is 19.8 Å². The normalized spacial score (nSPS) is 22.0. The summed E-state index contributed by atoms with van der Waals surface area (Å²) in [5, 5.41) is 20.1. The minimum Gasteiger partial charge on any atom is -0.481 e. The van der Waals surface area contributed by atoms with Gasteiger partial charge in [-0.1, -0.05) is 18.5 Å². The predicted molar refractivity (Wildman–Crippen MR) is 73.1 cm³/mol. The molecule has 1 saturated heterocycles. The molecule has 0 saturated carbocycles. The Morgan fingerprint density at radius 2 is 2.40 bits per heavy atom. The minimum absolute atomic E-state index is 0.163. The van der Waals surface area contributed by atoms with Crippen LogP contribution in [-0.4, -0.2) is 34.1 Å². The van der Waals surface area contributed by atoms with Gasteiger partial charge in [-0.2, -0.15) is 0 Å². The van der Waals surface area contributed by atoms with Crippen molar-refractivity contribution in [2.75, 3.05) is 18.0 Å². The van der Waals surface area contributed by atoms with Gasteiger partial charge in [0.25, 0.3) is 5.69 Å². The molecule has 1 N–H and O–H groups in total. The van der Waals surface area contributed by atoms with E-state index in [-0.39, 0.29) is 10.7 Å². The molecule has 0 aromatic carbocycles. The van der Waals surface area contributed by atoms with E-state index in [1.807, 2.05) is 6.92 Å². The number of rotatable bonds is 4. The van der Waals surface area contributed by atoms with E-state index in [0.29, 0.717) is 31.7 Å². The molecule has 1 atom stereocenters. The Morgan fingerprint density at radius 3 is 2.85 bits per heavy atom. The van der Waals surface area contributed by atoms with Crippen molar-refractivity contribution in [1.82, 2.24) is 4.98 Å². The van der Waals surface area contributed by atoms with E-state index in [0.717, 1.165) is 6.20 Å². The molecular weight excluding hydrogens is 286 g/mol. The van der Waals surface area contributed by atoms with Gasteiger partial charge in [-0.3, -0.25) is 14.9 Å². The Bertz CT molecular complexity index is 566. The van der Waals surface area contributed by atoms with Crippen LogP contribution in [0.5, 0.6) is 0 Å². The Kier molecular flexibility index (Phi) is 3.80. The number of nitro groups is 1. The van der Waals surface area contributed by atoms with Gasteiger partial charge in [-0.05, 0) is 12.8 Å². The van der Waals surface area contributed by atoms with E-state index >= 15 is 0 Å². The van der Waals surface area contributed by atoms with Gasteiger partial charge in [-0.25, -0.2) is 4.98 Å². The second kappa shape index (κ2) is 5.24. The number of halogens is 1. The van der Waals surface area contributed by atoms with Crippen LogP contribution in [0.15, 0.2) is 12.3 Å². The molecule has 108 valence electrons. The van der Waals surface area contributed by atoms with Crippen LogP contribution in [0, 0.1) is 15.5 Å². The molecular formula is C12H14ClN3O4. The summed E-state index contributed by atoms with van der Waals surface area (Å²) < 4.78 is 0. The van der Waals surface area contributed by atoms with Gasteiger partial charge in [0.1, 0.15) is 12.0 Å². The minimum atomic E-state index is -0.833. The molecule has 2 rings (SSSR count). The Hall–Kier alpha value is -1.89. The van der Waals surface area contributed by atoms with Gasteiger partial charge in [0, 0.05) is 19.2 Å². The van der Waals surface area contributed by atoms with Crippen LogP contribution in [0.4, 0.5) is 11.5 Å². The average molecular weight is 300 g/mol. The number of nitrogens with zero attached hydrogens (tertiary/aromatic N) is 3. The molecule has 8 heteroatoms. The lowest BCUT2D eigenvalue weighted by molar-refractivity contribution is -0.385. The second-order valence-electron chi connectivity index (χ2n) is 4.87. The van der Waals surface area contributed by atoms with Gasteiger partial charge >= 0.3 is 5.97 Å². The zero-order valence-corrected chi connectivity index (χ0v) is 11.6. The molecule has 20 heavy (non-hydrogen) atoms. The Balaban J connectivity index is 2.26. The van der Waals surface area contributed by atoms with Crippen LogP contribution in [0.2, 0.25) is 5.02 Å². The molecule has 2 heterocycles. The van der Waals surface area contributed by atoms with Crippen LogP contribution in [0.3, 0.4) is 0 Å². The Morgan fingerprint density at radius 1 is 1.70 bits per heavy atom. The maximum Gasteiger partial charge on any atom is 0.311 e. The van der Waals surface area contributed by atoms with Crippen LogP contribution in [-0.2, 0) is 4.79 Å². The first-order valence-corrected chi connectivity index (χ1v) is 6.56. The molecule has 1 aromatic rings. The van der Waals surface area contributed by atoms with Crippen molar-refractivity contribution in [2.24, 2.45) is 5.41 Å². The molecule has 1 aliphatic rings. The van der Waals surface area contributed by atoms with E-state index in [1.165, 1.54) is 6.07 Å². The third-order valence-corrected chi connectivity index (χ3v) is 4.08. The fraction of sp³-hybridized carbons (Fsp3) is 0.500. The number of aliphatic carboxylic acids is 1. The summed E-state index contributed by atoms with van der Waals surface area (Å²) in [6.07, 6.45) is 2.16. The van der Waals surface area contributed by atoms with Gasteiger partial charge in [0.05, 0.1) is 15.4 Å². The third-order valence-electron chi connectivity index (χ3n) is 3.80. The highest BCUT2D eigenvalue weighted by Gasteiger charge is 2.44. The number of carbonyl (C=O) groups is 1. The number of hydrogen-bond acceptors (Lipinski definition) is 5. The summed E-state index contributed by atoms with van der Waals surface area (Å²) in [7, 11) is 0. The number of carboxylic acid groups (broad SMARTS) is 1. The first-order chi connectivity index (χ1) is 9.39. The number of carboxylic acids is 1. The van der Waals surface area contributed by atoms with Gasteiger partial charge in [0.15, 0.2) is 0 Å². The van der Waals surface area contributed by atoms with E-state index in [1.54, 1.807) is 4.90 Å². The highest BCUT2D eigenvalue weighted by molar-refractivity contribution is 6.33. The molecule has 0 bridgehead atoms. The summed E-state index contributed by atoms with van der Waals surface area (Å²) in [6, 6.07) is 1.23. The van der Waals surface area contributed by atoms with E-state index in [4.69, 9.17) is 11.6 Å². The van der Waals surface area contributed by atoms with Crippen molar-refractivity contribution < 1.29 is 14.8 Å². The molecule has 0 amide bonds. The summed E-state index contributed by atoms with van der Waals surface area (Å²) in [5.74, 6) is -0.436. The standard InChI is InChI=1S/C12H14ClN3O4/c1-2-12(11(17)18)3-4-15(7-12)10-9(13)5-8(6-14-10)16(19)20/h5-6H,2-4,7H2,1H3,(H,17,18). The summed E-state index contributed by atoms with van der Waals surface area (Å²) in [6.45, 7) is 2.66. The summed E-state index contributed by atoms with van der Waals surface area (Å²) in [4.78, 5) is 27.2. The summed E-state index contributed by atoms with van der Waals surface area (Å²) in [5.41, 5.74) is -0.981. The van der Waals surface area contributed by atoms with E-state index in [9.17, 15) is 20.0 Å². The van der Waals surface area contributed by atoms with E-state index < -0.39 is 16.3 Å². The zero-order valence-electron chi connectivity index (χ0n) is 10.9. The molecule has 0 aliphatic carbocycles. The topological polar surface area (TPSA) is 96.6 Å². The maximum absolute atomic E-state index is 11.4. The second-order valence-corrected chi connectivity index (χ2v) is 5.27. The van der Waals surface area contributed by atoms with Gasteiger partial charge < -0.3 is 10.0 Å². The maximum atomic E-state index is 11.4. The molecule has 0 spiro atoms. The number of hydrogen-bond donors (Lipinski definition) is 1. The van der Waals surface area contributed by atoms with Crippen LogP contribution < -0.4 is 4.90 Å². The molecule has 7 nitrogen and oxygen atoms in total. The molecule has 1 aliphatic heterocycles. The fourth-order valence-electron chi connectivity index (χ4n) is 2.42. The third kappa shape index (κ3) is 2.40. The number of anilines is 1. The zero-order chi connectivity index (χ0) is 14.9. The highest BCUT2D eigenvalue weighted by Crippen LogP contribution is 2.38. The Labute approximate surface area is 120 Å². The van der Waals surface area contributed by atoms with Crippen LogP contribution in [0.25, 0.3) is 0 Å². The molecule has 0 radical (unpaired) electrons. The highest BCUT2D eigenvalue weighted by atomic mass is 35.5. The van der Waals surface area contributed by atoms with E-state index in [2.05, 4.69) is 4.98 Å². The molecule has 1 unspecified atom stereocenters. The van der Waals surface area contributed by atoms with Crippen molar-refractivity contribution in [3.8, 4) is 0 Å². The van der Waals surface area contributed by atoms with Crippen molar-refractivity contribution >= 4 is 29.1 Å². The van der Waals surface area contributed by atoms with Crippen molar-refractivity contribution in [3.63, 3.8) is 0 Å². The summed E-state index contributed by atoms with van der Waals surface area (Å²) >= 11 is 6.01. The van der Waals surface area contributed by atoms with Crippen LogP contribution >= 0.6 is 11.6 Å². The fourth-order valence-corrected chi connectivity index (χ4v) is 2.70. The average Bonchev–Trinajstić information content (AvgIpc) is 2.84. The smallest absolute Gasteiger partial charge is 0.311 e. The molecule has 1 aromatic heterocycles. The van der Waals surface area contributed by atoms with Crippen molar-refractivity contribution in [1.29, 1.82) is 0 Å². The lowest BCUT2D eigenvalue weighted by Gasteiger charge is -2.23. The quantitative estimate of drug-likeness (QED) is 0.677. The van der Waals surface area contributed by atoms with Gasteiger partial charge in [0.2, 0.25) is 0 Å². The lowest BCUT2D eigenvalue weighted by atomic mass is 9.84. The number of pyridine rings is 1. The SMILES string of the molecule is CCC1(C(=O)O)CCN(c2ncc([N+](=O)[O-])cc2Cl)C1. The lowest BCUT2D eigenvalue weighted by Crippen LogP contribution is -2.34. The van der Waals surface area contributed by atoms with Gasteiger partial charge in [-0.15, -0.1) is 0 Å². The first kappa shape index (κ1) is 14.5. The predicted octanol–water partition coefficient (Wildman–Crippen LogP) is 2.33.